The molecule has 4 nitrogen and oxygen atoms in total. The normalized spacial score (nSPS) is 12.3. The van der Waals surface area contributed by atoms with Gasteiger partial charge in [0, 0.05) is 6.42 Å². The molecule has 0 unspecified atom stereocenters. The van der Waals surface area contributed by atoms with E-state index in [1.807, 2.05) is 12.2 Å². The Morgan fingerprint density at radius 3 is 2.32 bits per heavy atom. The van der Waals surface area contributed by atoms with Crippen LogP contribution in [0.15, 0.2) is 36.1 Å². The zero-order chi connectivity index (χ0) is 16.5. The third-order valence-electron chi connectivity index (χ3n) is 3.30. The Morgan fingerprint density at radius 2 is 1.64 bits per heavy atom. The Balaban J connectivity index is 3.93. The predicted molar refractivity (Wildman–Crippen MR) is 91.3 cm³/mol. The van der Waals surface area contributed by atoms with Gasteiger partial charge in [0.15, 0.2) is 0 Å². The Hall–Kier alpha value is -1.71. The highest BCUT2D eigenvalue weighted by Crippen LogP contribution is 2.09. The minimum atomic E-state index is -0.315. The molecule has 0 saturated carbocycles. The first-order valence-corrected chi connectivity index (χ1v) is 8.29. The molecule has 22 heavy (non-hydrogen) atoms. The summed E-state index contributed by atoms with van der Waals surface area (Å²) in [5.74, 6) is 0. The third kappa shape index (κ3) is 13.3. The number of carbonyl (C=O) groups excluding carboxylic acids is 1. The second kappa shape index (κ2) is 15.7. The van der Waals surface area contributed by atoms with Crippen molar-refractivity contribution in [2.24, 2.45) is 0 Å². The van der Waals surface area contributed by atoms with Crippen LogP contribution in [0.2, 0.25) is 0 Å². The van der Waals surface area contributed by atoms with Gasteiger partial charge in [-0.3, -0.25) is 10.1 Å². The van der Waals surface area contributed by atoms with Gasteiger partial charge >= 0.3 is 0 Å². The average Bonchev–Trinajstić information content (AvgIpc) is 2.50. The number of allylic oxidation sites excluding steroid dienone is 5. The molecule has 0 aliphatic rings. The summed E-state index contributed by atoms with van der Waals surface area (Å²) in [6.07, 6.45) is 19.5. The number of aldehydes is 1. The molecule has 4 heteroatoms. The number of nitrogens with zero attached hydrogens (tertiary/aromatic N) is 1. The lowest BCUT2D eigenvalue weighted by atomic mass is 10.1. The Labute approximate surface area is 134 Å². The summed E-state index contributed by atoms with van der Waals surface area (Å²) in [6, 6.07) is 0. The third-order valence-corrected chi connectivity index (χ3v) is 3.30. The van der Waals surface area contributed by atoms with Gasteiger partial charge < -0.3 is 4.79 Å². The smallest absolute Gasteiger partial charge is 0.246 e. The molecule has 0 amide bonds. The lowest BCUT2D eigenvalue weighted by Crippen LogP contribution is -1.97. The highest BCUT2D eigenvalue weighted by atomic mass is 16.6. The molecule has 0 bridgehead atoms. The summed E-state index contributed by atoms with van der Waals surface area (Å²) < 4.78 is 0. The molecule has 0 aromatic carbocycles. The maximum absolute atomic E-state index is 10.9. The molecular formula is C18H29NO3. The lowest BCUT2D eigenvalue weighted by Gasteiger charge is -1.95. The van der Waals surface area contributed by atoms with Crippen molar-refractivity contribution in [3.63, 3.8) is 0 Å². The van der Waals surface area contributed by atoms with Crippen molar-refractivity contribution >= 4 is 6.29 Å². The van der Waals surface area contributed by atoms with Gasteiger partial charge in [-0.05, 0) is 44.6 Å². The van der Waals surface area contributed by atoms with E-state index >= 15 is 0 Å². The van der Waals surface area contributed by atoms with Crippen LogP contribution in [0.25, 0.3) is 0 Å². The molecule has 0 spiro atoms. The minimum Gasteiger partial charge on any atom is -0.303 e. The molecular weight excluding hydrogens is 278 g/mol. The Morgan fingerprint density at radius 1 is 0.955 bits per heavy atom. The van der Waals surface area contributed by atoms with E-state index in [-0.39, 0.29) is 10.6 Å². The van der Waals surface area contributed by atoms with Gasteiger partial charge in [0.25, 0.3) is 0 Å². The predicted octanol–water partition coefficient (Wildman–Crippen LogP) is 5.38. The maximum atomic E-state index is 10.9. The minimum absolute atomic E-state index is 0.245. The van der Waals surface area contributed by atoms with E-state index < -0.39 is 0 Å². The van der Waals surface area contributed by atoms with Crippen LogP contribution in [-0.2, 0) is 4.79 Å². The number of unbranched alkanes of at least 4 members (excludes halogenated alkanes) is 6. The highest BCUT2D eigenvalue weighted by molar-refractivity contribution is 5.48. The fraction of sp³-hybridized carbons (Fsp3) is 0.611. The summed E-state index contributed by atoms with van der Waals surface area (Å²) in [6.45, 7) is 2.19. The van der Waals surface area contributed by atoms with Gasteiger partial charge in [0.2, 0.25) is 5.70 Å². The second-order valence-electron chi connectivity index (χ2n) is 5.28. The van der Waals surface area contributed by atoms with Crippen molar-refractivity contribution in [1.82, 2.24) is 0 Å². The van der Waals surface area contributed by atoms with Crippen LogP contribution in [-0.4, -0.2) is 11.2 Å². The van der Waals surface area contributed by atoms with Crippen LogP contribution in [0, 0.1) is 10.1 Å². The number of nitro groups is 1. The molecule has 0 aliphatic carbocycles. The monoisotopic (exact) mass is 307 g/mol. The van der Waals surface area contributed by atoms with Gasteiger partial charge in [0.1, 0.15) is 6.29 Å². The molecule has 0 heterocycles. The van der Waals surface area contributed by atoms with Crippen LogP contribution in [0.3, 0.4) is 0 Å². The van der Waals surface area contributed by atoms with E-state index in [2.05, 4.69) is 19.1 Å². The molecule has 0 aliphatic heterocycles. The summed E-state index contributed by atoms with van der Waals surface area (Å²) in [5.41, 5.74) is 0.245. The number of hydrogen-bond acceptors (Lipinski definition) is 3. The van der Waals surface area contributed by atoms with E-state index in [4.69, 9.17) is 0 Å². The van der Waals surface area contributed by atoms with Crippen LogP contribution < -0.4 is 0 Å². The van der Waals surface area contributed by atoms with Crippen molar-refractivity contribution in [2.45, 2.75) is 71.1 Å². The van der Waals surface area contributed by atoms with E-state index in [0.29, 0.717) is 19.3 Å². The first kappa shape index (κ1) is 20.3. The van der Waals surface area contributed by atoms with Crippen molar-refractivity contribution < 1.29 is 9.72 Å². The van der Waals surface area contributed by atoms with Crippen molar-refractivity contribution in [3.05, 3.63) is 46.2 Å². The molecule has 0 atom stereocenters. The highest BCUT2D eigenvalue weighted by Gasteiger charge is 2.06. The Kier molecular flexibility index (Phi) is 14.5. The molecule has 0 aromatic heterocycles. The molecule has 0 radical (unpaired) electrons. The number of hydrogen-bond donors (Lipinski definition) is 0. The van der Waals surface area contributed by atoms with E-state index in [9.17, 15) is 14.9 Å². The van der Waals surface area contributed by atoms with Gasteiger partial charge in [-0.15, -0.1) is 0 Å². The first-order chi connectivity index (χ1) is 10.7. The van der Waals surface area contributed by atoms with Crippen LogP contribution >= 0.6 is 0 Å². The van der Waals surface area contributed by atoms with Gasteiger partial charge in [-0.1, -0.05) is 44.1 Å². The summed E-state index contributed by atoms with van der Waals surface area (Å²) in [5, 5.41) is 10.9. The largest absolute Gasteiger partial charge is 0.303 e. The van der Waals surface area contributed by atoms with Gasteiger partial charge in [-0.2, -0.15) is 0 Å². The van der Waals surface area contributed by atoms with E-state index in [0.717, 1.165) is 32.0 Å². The fourth-order valence-corrected chi connectivity index (χ4v) is 1.98. The average molecular weight is 307 g/mol. The van der Waals surface area contributed by atoms with E-state index in [1.54, 1.807) is 6.08 Å². The lowest BCUT2D eigenvalue weighted by molar-refractivity contribution is -0.427. The van der Waals surface area contributed by atoms with E-state index in [1.165, 1.54) is 19.3 Å². The van der Waals surface area contributed by atoms with Crippen molar-refractivity contribution in [3.8, 4) is 0 Å². The molecule has 0 N–H and O–H groups in total. The number of carbonyl (C=O) groups is 1. The summed E-state index contributed by atoms with van der Waals surface area (Å²) >= 11 is 0. The summed E-state index contributed by atoms with van der Waals surface area (Å²) in [7, 11) is 0. The quantitative estimate of drug-likeness (QED) is 0.142. The zero-order valence-corrected chi connectivity index (χ0v) is 13.7. The van der Waals surface area contributed by atoms with Crippen LogP contribution in [0.5, 0.6) is 0 Å². The number of rotatable bonds is 14. The summed E-state index contributed by atoms with van der Waals surface area (Å²) in [4.78, 5) is 20.8. The second-order valence-corrected chi connectivity index (χ2v) is 5.28. The van der Waals surface area contributed by atoms with Crippen LogP contribution in [0.4, 0.5) is 0 Å². The standard InChI is InChI=1S/C18H29NO3/c1-2-3-4-5-6-7-8-9-12-15-18(19(21)22)16-13-10-11-14-17-20/h6-7,9,12,16-17H,2-5,8,10-11,13-15H2,1H3/b7-6+,12-9+,18-16-. The molecule has 124 valence electrons. The van der Waals surface area contributed by atoms with Gasteiger partial charge in [0.05, 0.1) is 11.3 Å². The molecule has 0 rings (SSSR count). The maximum Gasteiger partial charge on any atom is 0.246 e. The van der Waals surface area contributed by atoms with Crippen molar-refractivity contribution in [2.75, 3.05) is 0 Å². The fourth-order valence-electron chi connectivity index (χ4n) is 1.98. The first-order valence-electron chi connectivity index (χ1n) is 8.29. The zero-order valence-electron chi connectivity index (χ0n) is 13.7. The molecule has 0 aromatic rings. The van der Waals surface area contributed by atoms with Crippen LogP contribution in [0.1, 0.15) is 71.1 Å². The van der Waals surface area contributed by atoms with Gasteiger partial charge in [-0.25, -0.2) is 0 Å². The Bertz CT molecular complexity index is 384. The molecule has 0 fully saturated rings. The SMILES string of the molecule is CCCCC/C=C/C/C=C/C/C(=C/CCCCC=O)[N+](=O)[O-]. The topological polar surface area (TPSA) is 60.2 Å². The van der Waals surface area contributed by atoms with Crippen molar-refractivity contribution in [1.29, 1.82) is 0 Å². The molecule has 0 saturated heterocycles.